The highest BCUT2D eigenvalue weighted by atomic mass is 35.5. The van der Waals surface area contributed by atoms with Crippen LogP contribution >= 0.6 is 11.6 Å². The molecule has 1 N–H and O–H groups in total. The van der Waals surface area contributed by atoms with Gasteiger partial charge in [-0.3, -0.25) is 9.59 Å². The second-order valence-electron chi connectivity index (χ2n) is 8.27. The van der Waals surface area contributed by atoms with Crippen molar-refractivity contribution in [2.75, 3.05) is 13.2 Å². The van der Waals surface area contributed by atoms with Crippen molar-refractivity contribution in [2.24, 2.45) is 0 Å². The Balaban J connectivity index is 1.91. The van der Waals surface area contributed by atoms with Gasteiger partial charge in [0.25, 0.3) is 5.91 Å². The van der Waals surface area contributed by atoms with Crippen molar-refractivity contribution in [1.29, 1.82) is 0 Å². The molecule has 0 aliphatic rings. The minimum atomic E-state index is -0.714. The monoisotopic (exact) mass is 478 g/mol. The highest BCUT2D eigenvalue weighted by molar-refractivity contribution is 6.31. The average molecular weight is 479 g/mol. The van der Waals surface area contributed by atoms with Crippen molar-refractivity contribution in [3.8, 4) is 5.75 Å². The Morgan fingerprint density at radius 2 is 1.71 bits per heavy atom. The predicted molar refractivity (Wildman–Crippen MR) is 136 cm³/mol. The maximum Gasteiger partial charge on any atom is 0.261 e. The van der Waals surface area contributed by atoms with E-state index in [-0.39, 0.29) is 25.0 Å². The van der Waals surface area contributed by atoms with Gasteiger partial charge in [-0.15, -0.1) is 0 Å². The largest absolute Gasteiger partial charge is 0.483 e. The number of hydrogen-bond acceptors (Lipinski definition) is 3. The van der Waals surface area contributed by atoms with Crippen LogP contribution in [0.15, 0.2) is 72.8 Å². The Morgan fingerprint density at radius 3 is 2.38 bits per heavy atom. The summed E-state index contributed by atoms with van der Waals surface area (Å²) in [6, 6.07) is 22.1. The Morgan fingerprint density at radius 1 is 1.00 bits per heavy atom. The number of carbonyl (C=O) groups excluding carboxylic acids is 2. The molecule has 0 aliphatic carbocycles. The van der Waals surface area contributed by atoms with Gasteiger partial charge in [0, 0.05) is 24.5 Å². The minimum absolute atomic E-state index is 0.181. The molecule has 0 saturated heterocycles. The van der Waals surface area contributed by atoms with Gasteiger partial charge in [-0.2, -0.15) is 0 Å². The molecule has 0 fully saturated rings. The lowest BCUT2D eigenvalue weighted by atomic mass is 10.0. The third kappa shape index (κ3) is 6.84. The molecule has 5 nitrogen and oxygen atoms in total. The first kappa shape index (κ1) is 25.3. The third-order valence-corrected chi connectivity index (χ3v) is 5.97. The Kier molecular flexibility index (Phi) is 9.11. The van der Waals surface area contributed by atoms with Crippen LogP contribution in [0.5, 0.6) is 5.75 Å². The molecule has 1 atom stereocenters. The zero-order chi connectivity index (χ0) is 24.5. The molecule has 0 unspecified atom stereocenters. The molecule has 0 heterocycles. The quantitative estimate of drug-likeness (QED) is 0.440. The molecule has 0 spiro atoms. The Hall–Kier alpha value is -3.31. The standard InChI is InChI=1S/C28H31ClN2O3/c1-4-30-28(33)25(17-22-10-6-5-7-11-22)31(18-23-12-8-9-13-24(23)29)27(32)19-34-26-15-14-20(2)16-21(26)3/h5-16,25H,4,17-19H2,1-3H3,(H,30,33)/t25-/m0/s1. The van der Waals surface area contributed by atoms with Gasteiger partial charge in [0.1, 0.15) is 11.8 Å². The van der Waals surface area contributed by atoms with Crippen LogP contribution in [0.3, 0.4) is 0 Å². The van der Waals surface area contributed by atoms with Gasteiger partial charge in [-0.1, -0.05) is 77.8 Å². The number of likely N-dealkylation sites (N-methyl/N-ethyl adjacent to an activating group) is 1. The van der Waals surface area contributed by atoms with E-state index in [4.69, 9.17) is 16.3 Å². The van der Waals surface area contributed by atoms with Crippen molar-refractivity contribution >= 4 is 23.4 Å². The van der Waals surface area contributed by atoms with Crippen LogP contribution in [0.2, 0.25) is 5.02 Å². The van der Waals surface area contributed by atoms with E-state index in [1.165, 1.54) is 0 Å². The number of nitrogens with one attached hydrogen (secondary N) is 1. The summed E-state index contributed by atoms with van der Waals surface area (Å²) in [6.45, 7) is 6.30. The van der Waals surface area contributed by atoms with Gasteiger partial charge >= 0.3 is 0 Å². The van der Waals surface area contributed by atoms with Gasteiger partial charge < -0.3 is 15.0 Å². The molecular formula is C28H31ClN2O3. The van der Waals surface area contributed by atoms with E-state index >= 15 is 0 Å². The number of carbonyl (C=O) groups is 2. The first-order chi connectivity index (χ1) is 16.4. The zero-order valence-electron chi connectivity index (χ0n) is 19.9. The first-order valence-electron chi connectivity index (χ1n) is 11.4. The van der Waals surface area contributed by atoms with E-state index in [0.29, 0.717) is 23.7 Å². The molecule has 0 bridgehead atoms. The molecule has 0 radical (unpaired) electrons. The summed E-state index contributed by atoms with van der Waals surface area (Å²) < 4.78 is 5.89. The van der Waals surface area contributed by atoms with Crippen molar-refractivity contribution in [3.63, 3.8) is 0 Å². The fraction of sp³-hybridized carbons (Fsp3) is 0.286. The number of benzene rings is 3. The second kappa shape index (κ2) is 12.2. The van der Waals surface area contributed by atoms with Crippen molar-refractivity contribution in [1.82, 2.24) is 10.2 Å². The van der Waals surface area contributed by atoms with Crippen molar-refractivity contribution in [3.05, 3.63) is 100 Å². The van der Waals surface area contributed by atoms with Crippen LogP contribution in [0.4, 0.5) is 0 Å². The first-order valence-corrected chi connectivity index (χ1v) is 11.8. The molecule has 6 heteroatoms. The van der Waals surface area contributed by atoms with Gasteiger partial charge in [0.05, 0.1) is 0 Å². The van der Waals surface area contributed by atoms with E-state index in [0.717, 1.165) is 22.3 Å². The minimum Gasteiger partial charge on any atom is -0.483 e. The Bertz CT molecular complexity index is 1120. The van der Waals surface area contributed by atoms with Crippen LogP contribution < -0.4 is 10.1 Å². The maximum atomic E-state index is 13.5. The lowest BCUT2D eigenvalue weighted by Gasteiger charge is -2.31. The van der Waals surface area contributed by atoms with Crippen LogP contribution in [0.1, 0.15) is 29.2 Å². The van der Waals surface area contributed by atoms with Crippen LogP contribution in [-0.2, 0) is 22.6 Å². The van der Waals surface area contributed by atoms with E-state index in [9.17, 15) is 9.59 Å². The molecule has 3 rings (SSSR count). The fourth-order valence-electron chi connectivity index (χ4n) is 3.84. The highest BCUT2D eigenvalue weighted by Crippen LogP contribution is 2.22. The molecule has 3 aromatic rings. The predicted octanol–water partition coefficient (Wildman–Crippen LogP) is 5.11. The molecule has 34 heavy (non-hydrogen) atoms. The average Bonchev–Trinajstić information content (AvgIpc) is 2.82. The normalized spacial score (nSPS) is 11.5. The lowest BCUT2D eigenvalue weighted by molar-refractivity contribution is -0.142. The summed E-state index contributed by atoms with van der Waals surface area (Å²) in [5.41, 5.74) is 3.81. The smallest absolute Gasteiger partial charge is 0.261 e. The third-order valence-electron chi connectivity index (χ3n) is 5.60. The zero-order valence-corrected chi connectivity index (χ0v) is 20.6. The van der Waals surface area contributed by atoms with Crippen LogP contribution in [0, 0.1) is 13.8 Å². The number of amides is 2. The van der Waals surface area contributed by atoms with E-state index in [1.807, 2.05) is 87.5 Å². The Labute approximate surface area is 206 Å². The molecule has 0 saturated carbocycles. The number of hydrogen-bond donors (Lipinski definition) is 1. The van der Waals surface area contributed by atoms with Gasteiger partial charge in [-0.05, 0) is 49.6 Å². The fourth-order valence-corrected chi connectivity index (χ4v) is 4.04. The lowest BCUT2D eigenvalue weighted by Crippen LogP contribution is -2.51. The second-order valence-corrected chi connectivity index (χ2v) is 8.68. The number of aryl methyl sites for hydroxylation is 2. The summed E-state index contributed by atoms with van der Waals surface area (Å²) in [5, 5.41) is 3.43. The molecule has 0 aliphatic heterocycles. The summed E-state index contributed by atoms with van der Waals surface area (Å²) in [6.07, 6.45) is 0.381. The topological polar surface area (TPSA) is 58.6 Å². The number of halogens is 1. The highest BCUT2D eigenvalue weighted by Gasteiger charge is 2.31. The van der Waals surface area contributed by atoms with Crippen LogP contribution in [0.25, 0.3) is 0 Å². The van der Waals surface area contributed by atoms with Gasteiger partial charge in [-0.25, -0.2) is 0 Å². The molecule has 178 valence electrons. The van der Waals surface area contributed by atoms with Crippen molar-refractivity contribution < 1.29 is 14.3 Å². The maximum absolute atomic E-state index is 13.5. The van der Waals surface area contributed by atoms with E-state index in [2.05, 4.69) is 5.32 Å². The molecule has 2 amide bonds. The van der Waals surface area contributed by atoms with Crippen LogP contribution in [-0.4, -0.2) is 35.9 Å². The summed E-state index contributed by atoms with van der Waals surface area (Å²) >= 11 is 6.42. The summed E-state index contributed by atoms with van der Waals surface area (Å²) in [5.74, 6) is 0.152. The van der Waals surface area contributed by atoms with Gasteiger partial charge in [0.15, 0.2) is 6.61 Å². The van der Waals surface area contributed by atoms with E-state index in [1.54, 1.807) is 11.0 Å². The number of ether oxygens (including phenoxy) is 1. The van der Waals surface area contributed by atoms with Crippen molar-refractivity contribution in [2.45, 2.75) is 39.8 Å². The van der Waals surface area contributed by atoms with E-state index < -0.39 is 6.04 Å². The molecular weight excluding hydrogens is 448 g/mol. The SMILES string of the molecule is CCNC(=O)[C@H](Cc1ccccc1)N(Cc1ccccc1Cl)C(=O)COc1ccc(C)cc1C. The molecule has 0 aromatic heterocycles. The van der Waals surface area contributed by atoms with Gasteiger partial charge in [0.2, 0.25) is 5.91 Å². The number of nitrogens with zero attached hydrogens (tertiary/aromatic N) is 1. The number of rotatable bonds is 10. The summed E-state index contributed by atoms with van der Waals surface area (Å²) in [7, 11) is 0. The molecule has 3 aromatic carbocycles. The summed E-state index contributed by atoms with van der Waals surface area (Å²) in [4.78, 5) is 28.3.